The fraction of sp³-hybridized carbons (Fsp3) is 0.654. The Bertz CT molecular complexity index is 555. The van der Waals surface area contributed by atoms with Crippen molar-refractivity contribution in [3.05, 3.63) is 47.5 Å². The summed E-state index contributed by atoms with van der Waals surface area (Å²) in [7, 11) is 0. The van der Waals surface area contributed by atoms with Crippen molar-refractivity contribution in [2.75, 3.05) is 0 Å². The molecule has 0 aromatic heterocycles. The van der Waals surface area contributed by atoms with Gasteiger partial charge in [-0.05, 0) is 61.5 Å². The van der Waals surface area contributed by atoms with Crippen LogP contribution in [-0.4, -0.2) is 0 Å². The summed E-state index contributed by atoms with van der Waals surface area (Å²) in [5.41, 5.74) is 3.02. The molecular weight excluding hydrogens is 326 g/mol. The lowest BCUT2D eigenvalue weighted by molar-refractivity contribution is 0.250. The minimum Gasteiger partial charge on any atom is -0.193 e. The first-order valence-corrected chi connectivity index (χ1v) is 11.4. The van der Waals surface area contributed by atoms with E-state index >= 15 is 0 Å². The summed E-state index contributed by atoms with van der Waals surface area (Å²) in [5.74, 6) is 1.87. The third-order valence-corrected chi connectivity index (χ3v) is 6.32. The predicted molar refractivity (Wildman–Crippen MR) is 117 cm³/mol. The highest BCUT2D eigenvalue weighted by Crippen LogP contribution is 2.34. The number of nitrogens with zero attached hydrogens (tertiary/aromatic N) is 1. The van der Waals surface area contributed by atoms with Crippen molar-refractivity contribution >= 4 is 0 Å². The van der Waals surface area contributed by atoms with Crippen LogP contribution in [-0.2, 0) is 12.8 Å². The van der Waals surface area contributed by atoms with Gasteiger partial charge in [-0.1, -0.05) is 88.6 Å². The van der Waals surface area contributed by atoms with Crippen LogP contribution in [0.5, 0.6) is 0 Å². The molecule has 0 atom stereocenters. The molecule has 1 aliphatic rings. The molecule has 1 saturated carbocycles. The van der Waals surface area contributed by atoms with E-state index in [-0.39, 0.29) is 0 Å². The van der Waals surface area contributed by atoms with Gasteiger partial charge in [0.25, 0.3) is 0 Å². The molecule has 0 radical (unpaired) electrons. The van der Waals surface area contributed by atoms with Gasteiger partial charge in [0.05, 0.1) is 6.07 Å². The summed E-state index contributed by atoms with van der Waals surface area (Å²) in [5, 5.41) is 8.53. The Hall–Kier alpha value is -1.55. The van der Waals surface area contributed by atoms with Gasteiger partial charge in [-0.3, -0.25) is 0 Å². The number of nitriles is 1. The Balaban J connectivity index is 1.53. The Morgan fingerprint density at radius 3 is 1.96 bits per heavy atom. The summed E-state index contributed by atoms with van der Waals surface area (Å²) >= 11 is 0. The van der Waals surface area contributed by atoms with Crippen molar-refractivity contribution in [1.82, 2.24) is 0 Å². The average Bonchev–Trinajstić information content (AvgIpc) is 2.71. The van der Waals surface area contributed by atoms with Gasteiger partial charge in [0.2, 0.25) is 0 Å². The van der Waals surface area contributed by atoms with Crippen molar-refractivity contribution in [2.45, 2.75) is 96.8 Å². The quantitative estimate of drug-likeness (QED) is 0.274. The second kappa shape index (κ2) is 13.6. The Morgan fingerprint density at radius 1 is 0.852 bits per heavy atom. The van der Waals surface area contributed by atoms with E-state index in [9.17, 15) is 0 Å². The molecule has 1 aromatic carbocycles. The molecule has 2 rings (SSSR count). The van der Waals surface area contributed by atoms with Crippen molar-refractivity contribution in [1.29, 1.82) is 5.26 Å². The third kappa shape index (κ3) is 9.28. The first-order valence-electron chi connectivity index (χ1n) is 11.4. The molecule has 27 heavy (non-hydrogen) atoms. The molecule has 0 bridgehead atoms. The van der Waals surface area contributed by atoms with Crippen LogP contribution in [0.2, 0.25) is 0 Å². The van der Waals surface area contributed by atoms with E-state index < -0.39 is 0 Å². The molecule has 1 aliphatic carbocycles. The molecule has 0 spiro atoms. The average molecular weight is 366 g/mol. The fourth-order valence-corrected chi connectivity index (χ4v) is 4.49. The molecule has 0 amide bonds. The van der Waals surface area contributed by atoms with Crippen molar-refractivity contribution in [2.24, 2.45) is 11.8 Å². The highest BCUT2D eigenvalue weighted by Gasteiger charge is 2.20. The van der Waals surface area contributed by atoms with E-state index in [4.69, 9.17) is 5.26 Å². The molecule has 0 aliphatic heterocycles. The maximum Gasteiger partial charge on any atom is 0.0908 e. The van der Waals surface area contributed by atoms with Gasteiger partial charge in [0.15, 0.2) is 0 Å². The van der Waals surface area contributed by atoms with E-state index in [1.54, 1.807) is 6.08 Å². The fourth-order valence-electron chi connectivity index (χ4n) is 4.49. The molecule has 1 nitrogen and oxygen atoms in total. The van der Waals surface area contributed by atoms with E-state index in [2.05, 4.69) is 37.3 Å². The molecule has 0 heterocycles. The van der Waals surface area contributed by atoms with E-state index in [1.165, 1.54) is 94.6 Å². The second-order valence-electron chi connectivity index (χ2n) is 8.51. The summed E-state index contributed by atoms with van der Waals surface area (Å²) < 4.78 is 0. The normalized spacial score (nSPS) is 20.0. The molecule has 1 aromatic rings. The minimum atomic E-state index is 0.903. The van der Waals surface area contributed by atoms with Crippen LogP contribution in [0.1, 0.15) is 95.1 Å². The number of hydrogen-bond donors (Lipinski definition) is 0. The van der Waals surface area contributed by atoms with E-state index in [1.807, 2.05) is 6.08 Å². The standard InChI is InChI=1S/C26H39N/c1-2-3-5-10-23-14-18-25(19-15-23)12-7-8-13-26-20-16-24(17-21-26)11-6-4-9-22-27/h4,9,14-15,18-19,24,26H,2-3,5-8,10-13,16-17,20-21H2,1H3. The van der Waals surface area contributed by atoms with Crippen molar-refractivity contribution < 1.29 is 0 Å². The van der Waals surface area contributed by atoms with Crippen molar-refractivity contribution in [3.8, 4) is 6.07 Å². The Labute approximate surface area is 167 Å². The van der Waals surface area contributed by atoms with Gasteiger partial charge in [-0.2, -0.15) is 5.26 Å². The lowest BCUT2D eigenvalue weighted by Crippen LogP contribution is -2.14. The van der Waals surface area contributed by atoms with Crippen LogP contribution >= 0.6 is 0 Å². The van der Waals surface area contributed by atoms with Gasteiger partial charge in [-0.15, -0.1) is 0 Å². The lowest BCUT2D eigenvalue weighted by Gasteiger charge is -2.28. The van der Waals surface area contributed by atoms with Crippen LogP contribution < -0.4 is 0 Å². The van der Waals surface area contributed by atoms with Gasteiger partial charge in [-0.25, -0.2) is 0 Å². The van der Waals surface area contributed by atoms with Gasteiger partial charge in [0.1, 0.15) is 0 Å². The number of aryl methyl sites for hydroxylation is 2. The second-order valence-corrected chi connectivity index (χ2v) is 8.51. The first kappa shape index (κ1) is 21.7. The van der Waals surface area contributed by atoms with Crippen LogP contribution in [0.3, 0.4) is 0 Å². The minimum absolute atomic E-state index is 0.903. The molecular formula is C26H39N. The Kier molecular flexibility index (Phi) is 10.9. The largest absolute Gasteiger partial charge is 0.193 e. The van der Waals surface area contributed by atoms with Crippen LogP contribution in [0.4, 0.5) is 0 Å². The topological polar surface area (TPSA) is 23.8 Å². The highest BCUT2D eigenvalue weighted by atomic mass is 14.3. The molecule has 1 fully saturated rings. The van der Waals surface area contributed by atoms with Crippen LogP contribution in [0.25, 0.3) is 0 Å². The van der Waals surface area contributed by atoms with Crippen molar-refractivity contribution in [3.63, 3.8) is 0 Å². The maximum absolute atomic E-state index is 8.53. The number of hydrogen-bond acceptors (Lipinski definition) is 1. The van der Waals surface area contributed by atoms with Gasteiger partial charge < -0.3 is 0 Å². The SMILES string of the molecule is CCCCCc1ccc(CCCCC2CCC(CCC=CC#N)CC2)cc1. The lowest BCUT2D eigenvalue weighted by atomic mass is 9.78. The van der Waals surface area contributed by atoms with Crippen LogP contribution in [0, 0.1) is 23.2 Å². The number of benzene rings is 1. The first-order chi connectivity index (χ1) is 13.3. The third-order valence-electron chi connectivity index (χ3n) is 6.32. The van der Waals surface area contributed by atoms with E-state index in [0.717, 1.165) is 18.3 Å². The van der Waals surface area contributed by atoms with Crippen LogP contribution in [0.15, 0.2) is 36.4 Å². The summed E-state index contributed by atoms with van der Waals surface area (Å²) in [6.45, 7) is 2.27. The summed E-state index contributed by atoms with van der Waals surface area (Å²) in [6.07, 6.45) is 22.3. The Morgan fingerprint density at radius 2 is 1.41 bits per heavy atom. The molecule has 0 saturated heterocycles. The zero-order chi connectivity index (χ0) is 19.2. The summed E-state index contributed by atoms with van der Waals surface area (Å²) in [4.78, 5) is 0. The highest BCUT2D eigenvalue weighted by molar-refractivity contribution is 5.22. The van der Waals surface area contributed by atoms with Gasteiger partial charge in [0, 0.05) is 6.08 Å². The molecule has 0 N–H and O–H groups in total. The predicted octanol–water partition coefficient (Wildman–Crippen LogP) is 7.80. The molecule has 148 valence electrons. The smallest absolute Gasteiger partial charge is 0.0908 e. The zero-order valence-corrected chi connectivity index (χ0v) is 17.5. The number of allylic oxidation sites excluding steroid dienone is 2. The monoisotopic (exact) mass is 365 g/mol. The number of unbranched alkanes of at least 4 members (excludes halogenated alkanes) is 3. The maximum atomic E-state index is 8.53. The summed E-state index contributed by atoms with van der Waals surface area (Å²) in [6, 6.07) is 11.5. The molecule has 1 heteroatoms. The van der Waals surface area contributed by atoms with Gasteiger partial charge >= 0.3 is 0 Å². The zero-order valence-electron chi connectivity index (χ0n) is 17.5. The van der Waals surface area contributed by atoms with E-state index in [0.29, 0.717) is 0 Å². The molecule has 0 unspecified atom stereocenters. The number of rotatable bonds is 12.